The van der Waals surface area contributed by atoms with Crippen LogP contribution < -0.4 is 5.56 Å². The molecule has 0 radical (unpaired) electrons. The monoisotopic (exact) mass is 203 g/mol. The third-order valence-electron chi connectivity index (χ3n) is 2.25. The van der Waals surface area contributed by atoms with Crippen molar-refractivity contribution in [2.75, 3.05) is 0 Å². The lowest BCUT2D eigenvalue weighted by Crippen LogP contribution is -2.07. The molecule has 3 heteroatoms. The van der Waals surface area contributed by atoms with Gasteiger partial charge in [-0.2, -0.15) is 0 Å². The molecular weight excluding hydrogens is 193 g/mol. The lowest BCUT2D eigenvalue weighted by Gasteiger charge is -2.02. The Morgan fingerprint density at radius 3 is 2.67 bits per heavy atom. The molecule has 0 fully saturated rings. The normalized spacial score (nSPS) is 10.3. The molecule has 2 aromatic rings. The zero-order valence-electron chi connectivity index (χ0n) is 8.25. The number of rotatable bonds is 1. The molecule has 0 spiro atoms. The Balaban J connectivity index is 2.55. The molecule has 0 atom stereocenters. The van der Waals surface area contributed by atoms with Gasteiger partial charge >= 0.3 is 0 Å². The molecule has 0 saturated carbocycles. The third kappa shape index (κ3) is 1.96. The van der Waals surface area contributed by atoms with Gasteiger partial charge in [-0.05, 0) is 36.2 Å². The Hall–Kier alpha value is -1.90. The first-order valence-corrected chi connectivity index (χ1v) is 4.62. The molecule has 76 valence electrons. The SMILES string of the molecule is Cc1cc(-c2cccc(F)c2)c[nH]c1=O. The molecule has 0 aliphatic heterocycles. The Morgan fingerprint density at radius 2 is 2.00 bits per heavy atom. The summed E-state index contributed by atoms with van der Waals surface area (Å²) in [6.07, 6.45) is 1.59. The number of aryl methyl sites for hydroxylation is 1. The lowest BCUT2D eigenvalue weighted by atomic mass is 10.1. The summed E-state index contributed by atoms with van der Waals surface area (Å²) in [6.45, 7) is 1.72. The number of hydrogen-bond acceptors (Lipinski definition) is 1. The van der Waals surface area contributed by atoms with Gasteiger partial charge < -0.3 is 4.98 Å². The predicted molar refractivity (Wildman–Crippen MR) is 57.2 cm³/mol. The highest BCUT2D eigenvalue weighted by molar-refractivity contribution is 5.62. The summed E-state index contributed by atoms with van der Waals surface area (Å²) in [5, 5.41) is 0. The van der Waals surface area contributed by atoms with Crippen LogP contribution in [0.4, 0.5) is 4.39 Å². The van der Waals surface area contributed by atoms with Crippen molar-refractivity contribution in [1.29, 1.82) is 0 Å². The van der Waals surface area contributed by atoms with E-state index >= 15 is 0 Å². The standard InChI is InChI=1S/C12H10FNO/c1-8-5-10(7-14-12(8)15)9-3-2-4-11(13)6-9/h2-7H,1H3,(H,14,15). The molecule has 1 heterocycles. The number of hydrogen-bond donors (Lipinski definition) is 1. The minimum atomic E-state index is -0.281. The second-order valence-electron chi connectivity index (χ2n) is 3.41. The zero-order valence-corrected chi connectivity index (χ0v) is 8.25. The number of halogens is 1. The van der Waals surface area contributed by atoms with E-state index in [0.717, 1.165) is 11.1 Å². The van der Waals surface area contributed by atoms with Crippen LogP contribution in [0.25, 0.3) is 11.1 Å². The van der Waals surface area contributed by atoms with E-state index in [0.29, 0.717) is 5.56 Å². The van der Waals surface area contributed by atoms with E-state index < -0.39 is 0 Å². The van der Waals surface area contributed by atoms with Crippen molar-refractivity contribution in [1.82, 2.24) is 4.98 Å². The zero-order chi connectivity index (χ0) is 10.8. The highest BCUT2D eigenvalue weighted by Gasteiger charge is 2.01. The summed E-state index contributed by atoms with van der Waals surface area (Å²) in [6, 6.07) is 8.02. The summed E-state index contributed by atoms with van der Waals surface area (Å²) >= 11 is 0. The minimum absolute atomic E-state index is 0.116. The predicted octanol–water partition coefficient (Wildman–Crippen LogP) is 2.49. The molecule has 0 saturated heterocycles. The van der Waals surface area contributed by atoms with Crippen molar-refractivity contribution < 1.29 is 4.39 Å². The van der Waals surface area contributed by atoms with E-state index in [1.807, 2.05) is 0 Å². The fraction of sp³-hybridized carbons (Fsp3) is 0.0833. The van der Waals surface area contributed by atoms with Gasteiger partial charge in [0.05, 0.1) is 0 Å². The first kappa shape index (κ1) is 9.65. The van der Waals surface area contributed by atoms with E-state index in [1.54, 1.807) is 31.3 Å². The van der Waals surface area contributed by atoms with Crippen LogP contribution in [0.2, 0.25) is 0 Å². The van der Waals surface area contributed by atoms with Gasteiger partial charge in [0.15, 0.2) is 0 Å². The van der Waals surface area contributed by atoms with Crippen LogP contribution >= 0.6 is 0 Å². The lowest BCUT2D eigenvalue weighted by molar-refractivity contribution is 0.628. The molecular formula is C12H10FNO. The largest absolute Gasteiger partial charge is 0.328 e. The van der Waals surface area contributed by atoms with Crippen LogP contribution in [0.3, 0.4) is 0 Å². The summed E-state index contributed by atoms with van der Waals surface area (Å²) in [7, 11) is 0. The Morgan fingerprint density at radius 1 is 1.20 bits per heavy atom. The molecule has 0 amide bonds. The number of aromatic amines is 1. The maximum absolute atomic E-state index is 13.0. The maximum atomic E-state index is 13.0. The fourth-order valence-electron chi connectivity index (χ4n) is 1.43. The fourth-order valence-corrected chi connectivity index (χ4v) is 1.43. The topological polar surface area (TPSA) is 32.9 Å². The number of benzene rings is 1. The van der Waals surface area contributed by atoms with Crippen LogP contribution in [-0.4, -0.2) is 4.98 Å². The van der Waals surface area contributed by atoms with Gasteiger partial charge in [0.2, 0.25) is 0 Å². The van der Waals surface area contributed by atoms with Gasteiger partial charge in [0.1, 0.15) is 5.82 Å². The first-order valence-electron chi connectivity index (χ1n) is 4.62. The molecule has 0 aliphatic rings. The highest BCUT2D eigenvalue weighted by Crippen LogP contribution is 2.18. The van der Waals surface area contributed by atoms with E-state index in [1.165, 1.54) is 12.1 Å². The van der Waals surface area contributed by atoms with Gasteiger partial charge in [-0.1, -0.05) is 12.1 Å². The van der Waals surface area contributed by atoms with Gasteiger partial charge in [-0.3, -0.25) is 4.79 Å². The average molecular weight is 203 g/mol. The van der Waals surface area contributed by atoms with E-state index in [-0.39, 0.29) is 11.4 Å². The van der Waals surface area contributed by atoms with Gasteiger partial charge in [0, 0.05) is 11.8 Å². The van der Waals surface area contributed by atoms with Crippen LogP contribution in [-0.2, 0) is 0 Å². The molecule has 15 heavy (non-hydrogen) atoms. The highest BCUT2D eigenvalue weighted by atomic mass is 19.1. The second kappa shape index (κ2) is 3.69. The van der Waals surface area contributed by atoms with Crippen LogP contribution in [0, 0.1) is 12.7 Å². The molecule has 2 rings (SSSR count). The van der Waals surface area contributed by atoms with Crippen LogP contribution in [0.1, 0.15) is 5.56 Å². The van der Waals surface area contributed by atoms with Crippen molar-refractivity contribution in [3.63, 3.8) is 0 Å². The molecule has 2 nitrogen and oxygen atoms in total. The molecule has 0 bridgehead atoms. The Kier molecular flexibility index (Phi) is 2.37. The number of aromatic nitrogens is 1. The van der Waals surface area contributed by atoms with Gasteiger partial charge in [0.25, 0.3) is 5.56 Å². The van der Waals surface area contributed by atoms with Gasteiger partial charge in [-0.25, -0.2) is 4.39 Å². The average Bonchev–Trinajstić information content (AvgIpc) is 2.22. The summed E-state index contributed by atoms with van der Waals surface area (Å²) in [5.41, 5.74) is 2.08. The van der Waals surface area contributed by atoms with Crippen molar-refractivity contribution in [3.05, 3.63) is 58.3 Å². The molecule has 1 N–H and O–H groups in total. The molecule has 0 aliphatic carbocycles. The number of pyridine rings is 1. The van der Waals surface area contributed by atoms with Crippen molar-refractivity contribution in [3.8, 4) is 11.1 Å². The second-order valence-corrected chi connectivity index (χ2v) is 3.41. The van der Waals surface area contributed by atoms with Crippen LogP contribution in [0.5, 0.6) is 0 Å². The summed E-state index contributed by atoms with van der Waals surface area (Å²) < 4.78 is 13.0. The smallest absolute Gasteiger partial charge is 0.250 e. The van der Waals surface area contributed by atoms with Crippen molar-refractivity contribution in [2.24, 2.45) is 0 Å². The molecule has 0 unspecified atom stereocenters. The Bertz CT molecular complexity index is 545. The summed E-state index contributed by atoms with van der Waals surface area (Å²) in [4.78, 5) is 13.7. The third-order valence-corrected chi connectivity index (χ3v) is 2.25. The van der Waals surface area contributed by atoms with Gasteiger partial charge in [-0.15, -0.1) is 0 Å². The van der Waals surface area contributed by atoms with E-state index in [2.05, 4.69) is 4.98 Å². The summed E-state index contributed by atoms with van der Waals surface area (Å²) in [5.74, 6) is -0.281. The van der Waals surface area contributed by atoms with E-state index in [9.17, 15) is 9.18 Å². The maximum Gasteiger partial charge on any atom is 0.250 e. The number of H-pyrrole nitrogens is 1. The quantitative estimate of drug-likeness (QED) is 0.758. The van der Waals surface area contributed by atoms with E-state index in [4.69, 9.17) is 0 Å². The molecule has 1 aromatic carbocycles. The number of nitrogens with one attached hydrogen (secondary N) is 1. The van der Waals surface area contributed by atoms with Crippen molar-refractivity contribution >= 4 is 0 Å². The minimum Gasteiger partial charge on any atom is -0.328 e. The van der Waals surface area contributed by atoms with Crippen molar-refractivity contribution in [2.45, 2.75) is 6.92 Å². The Labute approximate surface area is 86.4 Å². The molecule has 1 aromatic heterocycles. The van der Waals surface area contributed by atoms with Crippen LogP contribution in [0.15, 0.2) is 41.3 Å². The first-order chi connectivity index (χ1) is 7.16.